The topological polar surface area (TPSA) is 39.3 Å². The molecular weight excluding hydrogens is 176 g/mol. The van der Waals surface area contributed by atoms with Crippen molar-refractivity contribution < 1.29 is 0 Å². The number of hydrogen-bond donors (Lipinski definition) is 3. The molecule has 2 fully saturated rings. The maximum atomic E-state index is 3.45. The summed E-state index contributed by atoms with van der Waals surface area (Å²) in [7, 11) is 0. The molecule has 0 aromatic carbocycles. The van der Waals surface area contributed by atoms with E-state index in [9.17, 15) is 0 Å². The van der Waals surface area contributed by atoms with E-state index in [0.29, 0.717) is 0 Å². The van der Waals surface area contributed by atoms with Gasteiger partial charge in [0.05, 0.1) is 0 Å². The minimum Gasteiger partial charge on any atom is -0.303 e. The molecule has 2 rings (SSSR count). The molecule has 2 heterocycles. The molecular formula is C10H22N4. The summed E-state index contributed by atoms with van der Waals surface area (Å²) in [5, 5.41) is 10.1. The van der Waals surface area contributed by atoms with Crippen molar-refractivity contribution in [2.75, 3.05) is 39.5 Å². The fraction of sp³-hybridized carbons (Fsp3) is 1.00. The number of unbranched alkanes of at least 4 members (excludes halogenated alkanes) is 1. The predicted molar refractivity (Wildman–Crippen MR) is 58.1 cm³/mol. The van der Waals surface area contributed by atoms with E-state index in [1.807, 2.05) is 0 Å². The summed E-state index contributed by atoms with van der Waals surface area (Å²) in [5.41, 5.74) is 0. The zero-order chi connectivity index (χ0) is 9.64. The van der Waals surface area contributed by atoms with Gasteiger partial charge in [0.25, 0.3) is 0 Å². The lowest BCUT2D eigenvalue weighted by Crippen LogP contribution is -2.25. The summed E-state index contributed by atoms with van der Waals surface area (Å²) in [4.78, 5) is 2.50. The molecule has 0 amide bonds. The number of hydrogen-bond acceptors (Lipinski definition) is 4. The third-order valence-corrected chi connectivity index (χ3v) is 3.12. The lowest BCUT2D eigenvalue weighted by atomic mass is 10.1. The van der Waals surface area contributed by atoms with Crippen molar-refractivity contribution in [2.24, 2.45) is 0 Å². The van der Waals surface area contributed by atoms with E-state index in [2.05, 4.69) is 20.9 Å². The van der Waals surface area contributed by atoms with Gasteiger partial charge in [0, 0.05) is 39.0 Å². The Labute approximate surface area is 86.4 Å². The molecule has 0 bridgehead atoms. The average molecular weight is 198 g/mol. The van der Waals surface area contributed by atoms with Crippen molar-refractivity contribution in [2.45, 2.75) is 25.3 Å². The largest absolute Gasteiger partial charge is 0.303 e. The molecule has 1 atom stereocenters. The SMILES string of the molecule is C(CCN1CCNC1)CC1CNCN1. The van der Waals surface area contributed by atoms with Crippen LogP contribution in [0.5, 0.6) is 0 Å². The molecule has 2 aliphatic rings. The van der Waals surface area contributed by atoms with Crippen LogP contribution in [0.2, 0.25) is 0 Å². The second-order valence-electron chi connectivity index (χ2n) is 4.30. The molecule has 14 heavy (non-hydrogen) atoms. The zero-order valence-electron chi connectivity index (χ0n) is 8.89. The van der Waals surface area contributed by atoms with Gasteiger partial charge in [-0.25, -0.2) is 0 Å². The van der Waals surface area contributed by atoms with Crippen LogP contribution in [0.1, 0.15) is 19.3 Å². The Morgan fingerprint density at radius 2 is 2.21 bits per heavy atom. The Morgan fingerprint density at radius 1 is 1.21 bits per heavy atom. The third kappa shape index (κ3) is 3.20. The van der Waals surface area contributed by atoms with Crippen LogP contribution in [0.25, 0.3) is 0 Å². The second kappa shape index (κ2) is 5.66. The van der Waals surface area contributed by atoms with Gasteiger partial charge in [0.2, 0.25) is 0 Å². The summed E-state index contributed by atoms with van der Waals surface area (Å²) < 4.78 is 0. The van der Waals surface area contributed by atoms with Crippen LogP contribution in [0.4, 0.5) is 0 Å². The normalized spacial score (nSPS) is 28.7. The van der Waals surface area contributed by atoms with Gasteiger partial charge in [-0.3, -0.25) is 4.90 Å². The van der Waals surface area contributed by atoms with Crippen LogP contribution in [-0.2, 0) is 0 Å². The highest BCUT2D eigenvalue weighted by molar-refractivity contribution is 4.75. The first-order valence-electron chi connectivity index (χ1n) is 5.82. The first-order valence-corrected chi connectivity index (χ1v) is 5.82. The molecule has 0 spiro atoms. The van der Waals surface area contributed by atoms with Crippen molar-refractivity contribution in [1.29, 1.82) is 0 Å². The van der Waals surface area contributed by atoms with Crippen molar-refractivity contribution in [1.82, 2.24) is 20.9 Å². The van der Waals surface area contributed by atoms with Gasteiger partial charge in [-0.1, -0.05) is 6.42 Å². The van der Waals surface area contributed by atoms with Gasteiger partial charge in [-0.05, 0) is 19.4 Å². The van der Waals surface area contributed by atoms with Crippen LogP contribution in [-0.4, -0.2) is 50.5 Å². The number of nitrogens with zero attached hydrogens (tertiary/aromatic N) is 1. The predicted octanol–water partition coefficient (Wildman–Crippen LogP) is -0.462. The van der Waals surface area contributed by atoms with Gasteiger partial charge in [0.15, 0.2) is 0 Å². The first kappa shape index (κ1) is 10.4. The molecule has 0 saturated carbocycles. The smallest absolute Gasteiger partial charge is 0.0481 e. The Morgan fingerprint density at radius 3 is 2.93 bits per heavy atom. The number of nitrogens with one attached hydrogen (secondary N) is 3. The monoisotopic (exact) mass is 198 g/mol. The standard InChI is InChI=1S/C10H22N4/c1(3-10-7-12-8-13-10)2-5-14-6-4-11-9-14/h10-13H,1-9H2. The van der Waals surface area contributed by atoms with Crippen LogP contribution < -0.4 is 16.0 Å². The zero-order valence-corrected chi connectivity index (χ0v) is 8.89. The van der Waals surface area contributed by atoms with Gasteiger partial charge >= 0.3 is 0 Å². The molecule has 4 nitrogen and oxygen atoms in total. The molecule has 2 saturated heterocycles. The molecule has 0 radical (unpaired) electrons. The van der Waals surface area contributed by atoms with Gasteiger partial charge in [0.1, 0.15) is 0 Å². The Hall–Kier alpha value is -0.160. The molecule has 0 aromatic rings. The Balaban J connectivity index is 1.46. The molecule has 3 N–H and O–H groups in total. The van der Waals surface area contributed by atoms with Gasteiger partial charge in [-0.2, -0.15) is 0 Å². The van der Waals surface area contributed by atoms with E-state index in [-0.39, 0.29) is 0 Å². The van der Waals surface area contributed by atoms with Crippen LogP contribution in [0.15, 0.2) is 0 Å². The van der Waals surface area contributed by atoms with Crippen molar-refractivity contribution in [3.8, 4) is 0 Å². The van der Waals surface area contributed by atoms with Crippen LogP contribution in [0.3, 0.4) is 0 Å². The van der Waals surface area contributed by atoms with Gasteiger partial charge < -0.3 is 16.0 Å². The van der Waals surface area contributed by atoms with Gasteiger partial charge in [-0.15, -0.1) is 0 Å². The fourth-order valence-electron chi connectivity index (χ4n) is 2.21. The molecule has 0 aromatic heterocycles. The van der Waals surface area contributed by atoms with E-state index < -0.39 is 0 Å². The lowest BCUT2D eigenvalue weighted by molar-refractivity contribution is 0.322. The second-order valence-corrected chi connectivity index (χ2v) is 4.30. The molecule has 1 unspecified atom stereocenters. The van der Waals surface area contributed by atoms with Crippen LogP contribution in [0, 0.1) is 0 Å². The number of rotatable bonds is 5. The van der Waals surface area contributed by atoms with Crippen LogP contribution >= 0.6 is 0 Å². The van der Waals surface area contributed by atoms with Crippen molar-refractivity contribution in [3.63, 3.8) is 0 Å². The lowest BCUT2D eigenvalue weighted by Gasteiger charge is -2.14. The summed E-state index contributed by atoms with van der Waals surface area (Å²) >= 11 is 0. The maximum Gasteiger partial charge on any atom is 0.0481 e. The summed E-state index contributed by atoms with van der Waals surface area (Å²) in [6.07, 6.45) is 4.03. The van der Waals surface area contributed by atoms with Crippen molar-refractivity contribution >= 4 is 0 Å². The molecule has 0 aliphatic carbocycles. The molecule has 4 heteroatoms. The Kier molecular flexibility index (Phi) is 4.19. The average Bonchev–Trinajstić information content (AvgIpc) is 2.86. The fourth-order valence-corrected chi connectivity index (χ4v) is 2.21. The third-order valence-electron chi connectivity index (χ3n) is 3.12. The summed E-state index contributed by atoms with van der Waals surface area (Å²) in [5.74, 6) is 0. The van der Waals surface area contributed by atoms with E-state index in [0.717, 1.165) is 25.9 Å². The first-order chi connectivity index (χ1) is 6.95. The van der Waals surface area contributed by atoms with E-state index in [1.165, 1.54) is 38.9 Å². The Bertz CT molecular complexity index is 132. The van der Waals surface area contributed by atoms with Crippen molar-refractivity contribution in [3.05, 3.63) is 0 Å². The molecule has 2 aliphatic heterocycles. The minimum absolute atomic E-state index is 0.728. The summed E-state index contributed by atoms with van der Waals surface area (Å²) in [6.45, 7) is 6.94. The minimum atomic E-state index is 0.728. The highest BCUT2D eigenvalue weighted by Gasteiger charge is 2.13. The summed E-state index contributed by atoms with van der Waals surface area (Å²) in [6, 6.07) is 0.728. The quantitative estimate of drug-likeness (QED) is 0.523. The molecule has 82 valence electrons. The maximum absolute atomic E-state index is 3.45. The van der Waals surface area contributed by atoms with E-state index >= 15 is 0 Å². The van der Waals surface area contributed by atoms with E-state index in [1.54, 1.807) is 0 Å². The van der Waals surface area contributed by atoms with E-state index in [4.69, 9.17) is 0 Å². The highest BCUT2D eigenvalue weighted by atomic mass is 15.3. The highest BCUT2D eigenvalue weighted by Crippen LogP contribution is 2.04.